The Labute approximate surface area is 458 Å². The van der Waals surface area contributed by atoms with E-state index in [2.05, 4.69) is 62.5 Å². The highest BCUT2D eigenvalue weighted by atomic mass is 31.2. The molecule has 74 heavy (non-hydrogen) atoms. The first-order valence-corrected chi connectivity index (χ1v) is 32.9. The number of carbonyl (C=O) groups is 2. The van der Waals surface area contributed by atoms with E-state index < -0.39 is 26.6 Å². The molecule has 0 aromatic rings. The summed E-state index contributed by atoms with van der Waals surface area (Å²) in [6.07, 6.45) is 66.5. The summed E-state index contributed by atoms with van der Waals surface area (Å²) < 4.78 is 30.3. The van der Waals surface area contributed by atoms with Crippen molar-refractivity contribution in [1.82, 2.24) is 5.32 Å². The molecule has 0 spiro atoms. The van der Waals surface area contributed by atoms with Crippen LogP contribution in [0.1, 0.15) is 297 Å². The van der Waals surface area contributed by atoms with Gasteiger partial charge in [0.2, 0.25) is 5.91 Å². The van der Waals surface area contributed by atoms with Crippen molar-refractivity contribution in [3.05, 3.63) is 48.6 Å². The standard InChI is InChI=1S/C64H121N2O7P/c1-7-10-13-16-19-22-25-28-30-32-33-35-37-39-42-45-48-51-54-57-64(68)73-62(55-52-49-46-43-40-27-24-21-18-15-12-9-3)61(60-72-74(69,70)71-59-58-66(4,5)6)65-63(67)56-53-50-47-44-41-38-36-34-31-29-26-23-20-17-14-11-8-2/h20,23,29,31,36,38,52,55,61-62H,7-19,21-22,24-28,30,32-35,37,39-51,53-54,56-60H2,1-6H3,(H-,65,67,69,70)/b23-20-,31-29-,38-36-,55-52+. The van der Waals surface area contributed by atoms with Crippen LogP contribution < -0.4 is 10.2 Å². The number of esters is 1. The number of nitrogens with zero attached hydrogens (tertiary/aromatic N) is 1. The zero-order valence-electron chi connectivity index (χ0n) is 49.6. The third-order valence-corrected chi connectivity index (χ3v) is 15.0. The maximum Gasteiger partial charge on any atom is 0.306 e. The average molecular weight is 1060 g/mol. The van der Waals surface area contributed by atoms with Gasteiger partial charge in [-0.3, -0.25) is 14.2 Å². The van der Waals surface area contributed by atoms with Gasteiger partial charge in [0.15, 0.2) is 0 Å². The van der Waals surface area contributed by atoms with Crippen molar-refractivity contribution < 1.29 is 37.3 Å². The summed E-state index contributed by atoms with van der Waals surface area (Å²) in [6, 6.07) is -0.897. The van der Waals surface area contributed by atoms with E-state index in [-0.39, 0.29) is 24.9 Å². The van der Waals surface area contributed by atoms with E-state index in [0.29, 0.717) is 23.9 Å². The van der Waals surface area contributed by atoms with Gasteiger partial charge in [-0.05, 0) is 70.3 Å². The maximum atomic E-state index is 13.5. The number of amides is 1. The minimum Gasteiger partial charge on any atom is -0.756 e. The number of nitrogens with one attached hydrogen (secondary N) is 1. The Morgan fingerprint density at radius 2 is 0.824 bits per heavy atom. The van der Waals surface area contributed by atoms with Crippen LogP contribution >= 0.6 is 7.82 Å². The summed E-state index contributed by atoms with van der Waals surface area (Å²) in [6.45, 7) is 6.82. The second kappa shape index (κ2) is 54.3. The lowest BCUT2D eigenvalue weighted by atomic mass is 10.0. The average Bonchev–Trinajstić information content (AvgIpc) is 3.36. The Morgan fingerprint density at radius 1 is 0.473 bits per heavy atom. The zero-order chi connectivity index (χ0) is 54.3. The van der Waals surface area contributed by atoms with E-state index >= 15 is 0 Å². The number of hydrogen-bond acceptors (Lipinski definition) is 7. The lowest BCUT2D eigenvalue weighted by Crippen LogP contribution is -2.47. The Morgan fingerprint density at radius 3 is 1.26 bits per heavy atom. The van der Waals surface area contributed by atoms with Crippen molar-refractivity contribution in [1.29, 1.82) is 0 Å². The van der Waals surface area contributed by atoms with E-state index in [4.69, 9.17) is 13.8 Å². The van der Waals surface area contributed by atoms with Crippen LogP contribution in [0.3, 0.4) is 0 Å². The maximum absolute atomic E-state index is 13.5. The van der Waals surface area contributed by atoms with Crippen LogP contribution in [0.15, 0.2) is 48.6 Å². The van der Waals surface area contributed by atoms with Gasteiger partial charge in [0.25, 0.3) is 7.82 Å². The van der Waals surface area contributed by atoms with Crippen LogP contribution in [0.5, 0.6) is 0 Å². The molecule has 0 aromatic heterocycles. The molecule has 1 amide bonds. The predicted octanol–water partition coefficient (Wildman–Crippen LogP) is 18.6. The first kappa shape index (κ1) is 72.0. The van der Waals surface area contributed by atoms with Crippen LogP contribution in [-0.2, 0) is 27.9 Å². The molecule has 0 aliphatic rings. The van der Waals surface area contributed by atoms with Crippen LogP contribution in [0, 0.1) is 0 Å². The van der Waals surface area contributed by atoms with Gasteiger partial charge in [-0.15, -0.1) is 0 Å². The number of phosphoric ester groups is 1. The molecule has 0 radical (unpaired) electrons. The molecular formula is C64H121N2O7P. The van der Waals surface area contributed by atoms with Crippen LogP contribution in [0.4, 0.5) is 0 Å². The minimum absolute atomic E-state index is 0.0259. The summed E-state index contributed by atoms with van der Waals surface area (Å²) in [4.78, 5) is 40.0. The molecule has 434 valence electrons. The lowest BCUT2D eigenvalue weighted by Gasteiger charge is -2.30. The number of phosphoric acid groups is 1. The van der Waals surface area contributed by atoms with Crippen LogP contribution in [0.25, 0.3) is 0 Å². The summed E-state index contributed by atoms with van der Waals surface area (Å²) in [5.41, 5.74) is 0. The third-order valence-electron chi connectivity index (χ3n) is 14.0. The van der Waals surface area contributed by atoms with E-state index in [1.165, 1.54) is 180 Å². The molecule has 0 saturated carbocycles. The van der Waals surface area contributed by atoms with E-state index in [1.807, 2.05) is 33.3 Å². The van der Waals surface area contributed by atoms with Gasteiger partial charge >= 0.3 is 5.97 Å². The van der Waals surface area contributed by atoms with Crippen molar-refractivity contribution in [2.45, 2.75) is 309 Å². The molecule has 0 saturated heterocycles. The molecule has 10 heteroatoms. The van der Waals surface area contributed by atoms with Gasteiger partial charge in [-0.2, -0.15) is 0 Å². The number of rotatable bonds is 57. The molecule has 3 unspecified atom stereocenters. The van der Waals surface area contributed by atoms with Gasteiger partial charge in [0.05, 0.1) is 33.8 Å². The number of carbonyl (C=O) groups excluding carboxylic acids is 2. The summed E-state index contributed by atoms with van der Waals surface area (Å²) in [5, 5.41) is 3.02. The van der Waals surface area contributed by atoms with Gasteiger partial charge in [0.1, 0.15) is 19.3 Å². The SMILES string of the molecule is CCCCC/C=C\C/C=C\C/C=C\CCCCCCC(=O)NC(COP(=O)([O-])OCC[N+](C)(C)C)C(/C=C/CCCCCCCCCCCC)OC(=O)CCCCCCCCCCCCCCCCCCCCC. The minimum atomic E-state index is -4.70. The van der Waals surface area contributed by atoms with Crippen molar-refractivity contribution >= 4 is 19.7 Å². The molecule has 0 aromatic carbocycles. The van der Waals surface area contributed by atoms with E-state index in [0.717, 1.165) is 77.0 Å². The quantitative estimate of drug-likeness (QED) is 0.0212. The third kappa shape index (κ3) is 54.7. The molecule has 0 heterocycles. The Bertz CT molecular complexity index is 1410. The zero-order valence-corrected chi connectivity index (χ0v) is 50.4. The van der Waals surface area contributed by atoms with Gasteiger partial charge in [0, 0.05) is 12.8 Å². The summed E-state index contributed by atoms with van der Waals surface area (Å²) in [7, 11) is 1.18. The normalized spacial score (nSPS) is 14.0. The number of likely N-dealkylation sites (N-methyl/N-ethyl adjacent to an activating group) is 1. The van der Waals surface area contributed by atoms with Crippen molar-refractivity contribution in [3.63, 3.8) is 0 Å². The molecule has 0 aliphatic heterocycles. The van der Waals surface area contributed by atoms with Crippen LogP contribution in [0.2, 0.25) is 0 Å². The molecule has 9 nitrogen and oxygen atoms in total. The van der Waals surface area contributed by atoms with E-state index in [1.54, 1.807) is 0 Å². The topological polar surface area (TPSA) is 114 Å². The number of hydrogen-bond donors (Lipinski definition) is 1. The van der Waals surface area contributed by atoms with Crippen molar-refractivity contribution in [2.75, 3.05) is 40.9 Å². The summed E-state index contributed by atoms with van der Waals surface area (Å²) in [5.74, 6) is -0.555. The van der Waals surface area contributed by atoms with Gasteiger partial charge in [-0.1, -0.05) is 262 Å². The Balaban J connectivity index is 5.26. The number of allylic oxidation sites excluding steroid dienone is 7. The summed E-state index contributed by atoms with van der Waals surface area (Å²) >= 11 is 0. The Hall–Kier alpha value is -2.03. The molecule has 1 N–H and O–H groups in total. The number of unbranched alkanes of at least 4 members (excludes halogenated alkanes) is 35. The van der Waals surface area contributed by atoms with Gasteiger partial charge < -0.3 is 28.5 Å². The highest BCUT2D eigenvalue weighted by Gasteiger charge is 2.27. The van der Waals surface area contributed by atoms with Crippen molar-refractivity contribution in [2.24, 2.45) is 0 Å². The second-order valence-electron chi connectivity index (χ2n) is 22.6. The largest absolute Gasteiger partial charge is 0.756 e. The lowest BCUT2D eigenvalue weighted by molar-refractivity contribution is -0.870. The first-order valence-electron chi connectivity index (χ1n) is 31.4. The second-order valence-corrected chi connectivity index (χ2v) is 24.0. The van der Waals surface area contributed by atoms with Crippen LogP contribution in [-0.4, -0.2) is 69.4 Å². The highest BCUT2D eigenvalue weighted by Crippen LogP contribution is 2.38. The van der Waals surface area contributed by atoms with Crippen molar-refractivity contribution in [3.8, 4) is 0 Å². The van der Waals surface area contributed by atoms with E-state index in [9.17, 15) is 19.0 Å². The fraction of sp³-hybridized carbons (Fsp3) is 0.844. The smallest absolute Gasteiger partial charge is 0.306 e. The molecule has 0 rings (SSSR count). The molecule has 3 atom stereocenters. The molecule has 0 bridgehead atoms. The fourth-order valence-corrected chi connectivity index (χ4v) is 9.84. The molecule has 0 fully saturated rings. The Kier molecular flexibility index (Phi) is 52.8. The predicted molar refractivity (Wildman–Crippen MR) is 316 cm³/mol. The monoisotopic (exact) mass is 1060 g/mol. The highest BCUT2D eigenvalue weighted by molar-refractivity contribution is 7.45. The van der Waals surface area contributed by atoms with Gasteiger partial charge in [-0.25, -0.2) is 0 Å². The molecular weight excluding hydrogens is 940 g/mol. The number of quaternary nitrogens is 1. The fourth-order valence-electron chi connectivity index (χ4n) is 9.12. The molecule has 0 aliphatic carbocycles. The first-order chi connectivity index (χ1) is 35.9. The number of ether oxygens (including phenoxy) is 1.